The van der Waals surface area contributed by atoms with Crippen molar-refractivity contribution in [1.29, 1.82) is 0 Å². The van der Waals surface area contributed by atoms with E-state index in [2.05, 4.69) is 21.2 Å². The standard InChI is InChI=1S/C12H18BrN3O/c1-15-6-3-7-16(2)11-5-4-9(13)8-10(11)12(14)17/h4-5,8,15H,3,6-7H2,1-2H3,(H2,14,17). The zero-order chi connectivity index (χ0) is 12.8. The lowest BCUT2D eigenvalue weighted by Crippen LogP contribution is -2.25. The Morgan fingerprint density at radius 2 is 2.24 bits per heavy atom. The molecular weight excluding hydrogens is 282 g/mol. The van der Waals surface area contributed by atoms with Gasteiger partial charge in [0.25, 0.3) is 5.91 Å². The van der Waals surface area contributed by atoms with Crippen molar-refractivity contribution in [2.45, 2.75) is 6.42 Å². The highest BCUT2D eigenvalue weighted by Crippen LogP contribution is 2.23. The number of rotatable bonds is 6. The summed E-state index contributed by atoms with van der Waals surface area (Å²) in [5.41, 5.74) is 6.80. The fraction of sp³-hybridized carbons (Fsp3) is 0.417. The molecule has 0 unspecified atom stereocenters. The van der Waals surface area contributed by atoms with E-state index in [1.807, 2.05) is 31.1 Å². The summed E-state index contributed by atoms with van der Waals surface area (Å²) in [6.07, 6.45) is 1.02. The van der Waals surface area contributed by atoms with Gasteiger partial charge in [-0.1, -0.05) is 15.9 Å². The molecule has 0 radical (unpaired) electrons. The predicted octanol–water partition coefficient (Wildman–Crippen LogP) is 1.59. The smallest absolute Gasteiger partial charge is 0.250 e. The average molecular weight is 300 g/mol. The van der Waals surface area contributed by atoms with Gasteiger partial charge in [-0.2, -0.15) is 0 Å². The predicted molar refractivity (Wildman–Crippen MR) is 74.5 cm³/mol. The molecule has 0 spiro atoms. The quantitative estimate of drug-likeness (QED) is 0.785. The Kier molecular flexibility index (Phi) is 5.44. The van der Waals surface area contributed by atoms with E-state index in [0.717, 1.165) is 29.7 Å². The SMILES string of the molecule is CNCCCN(C)c1ccc(Br)cc1C(N)=O. The van der Waals surface area contributed by atoms with Crippen LogP contribution in [-0.2, 0) is 0 Å². The zero-order valence-corrected chi connectivity index (χ0v) is 11.8. The molecule has 0 atom stereocenters. The third kappa shape index (κ3) is 4.02. The second-order valence-corrected chi connectivity index (χ2v) is 4.82. The normalized spacial score (nSPS) is 10.3. The summed E-state index contributed by atoms with van der Waals surface area (Å²) >= 11 is 3.34. The first-order valence-corrected chi connectivity index (χ1v) is 6.30. The minimum Gasteiger partial charge on any atom is -0.374 e. The summed E-state index contributed by atoms with van der Waals surface area (Å²) < 4.78 is 0.860. The number of nitrogens with two attached hydrogens (primary N) is 1. The van der Waals surface area contributed by atoms with Crippen molar-refractivity contribution in [2.24, 2.45) is 5.73 Å². The topological polar surface area (TPSA) is 58.4 Å². The first-order chi connectivity index (χ1) is 8.06. The Morgan fingerprint density at radius 1 is 1.53 bits per heavy atom. The minimum atomic E-state index is -0.401. The van der Waals surface area contributed by atoms with Gasteiger partial charge in [0.2, 0.25) is 0 Å². The number of nitrogens with one attached hydrogen (secondary N) is 1. The summed E-state index contributed by atoms with van der Waals surface area (Å²) in [5, 5.41) is 3.10. The van der Waals surface area contributed by atoms with Crippen molar-refractivity contribution in [3.8, 4) is 0 Å². The van der Waals surface area contributed by atoms with Crippen molar-refractivity contribution in [1.82, 2.24) is 5.32 Å². The molecule has 0 saturated heterocycles. The van der Waals surface area contributed by atoms with Crippen molar-refractivity contribution < 1.29 is 4.79 Å². The maximum atomic E-state index is 11.4. The van der Waals surface area contributed by atoms with Crippen molar-refractivity contribution in [2.75, 3.05) is 32.1 Å². The molecule has 94 valence electrons. The van der Waals surface area contributed by atoms with Gasteiger partial charge in [0, 0.05) is 23.8 Å². The van der Waals surface area contributed by atoms with Crippen LogP contribution in [0.25, 0.3) is 0 Å². The summed E-state index contributed by atoms with van der Waals surface area (Å²) in [6, 6.07) is 5.58. The maximum absolute atomic E-state index is 11.4. The highest BCUT2D eigenvalue weighted by molar-refractivity contribution is 9.10. The summed E-state index contributed by atoms with van der Waals surface area (Å²) in [5.74, 6) is -0.401. The van der Waals surface area contributed by atoms with Crippen LogP contribution >= 0.6 is 15.9 Å². The minimum absolute atomic E-state index is 0.401. The van der Waals surface area contributed by atoms with E-state index in [0.29, 0.717) is 5.56 Å². The average Bonchev–Trinajstić information content (AvgIpc) is 2.29. The van der Waals surface area contributed by atoms with Gasteiger partial charge < -0.3 is 16.0 Å². The summed E-state index contributed by atoms with van der Waals surface area (Å²) in [6.45, 7) is 1.83. The molecule has 0 aliphatic carbocycles. The Bertz CT molecular complexity index is 395. The lowest BCUT2D eigenvalue weighted by atomic mass is 10.1. The molecule has 0 saturated carbocycles. The van der Waals surface area contributed by atoms with E-state index >= 15 is 0 Å². The Labute approximate surface area is 110 Å². The Balaban J connectivity index is 2.84. The maximum Gasteiger partial charge on any atom is 0.250 e. The van der Waals surface area contributed by atoms with Crippen LogP contribution in [0.5, 0.6) is 0 Å². The number of nitrogens with zero attached hydrogens (tertiary/aromatic N) is 1. The molecule has 1 rings (SSSR count). The molecule has 1 amide bonds. The summed E-state index contributed by atoms with van der Waals surface area (Å²) in [7, 11) is 3.89. The first kappa shape index (κ1) is 14.0. The lowest BCUT2D eigenvalue weighted by Gasteiger charge is -2.21. The van der Waals surface area contributed by atoms with Crippen LogP contribution in [0.3, 0.4) is 0 Å². The van der Waals surface area contributed by atoms with Gasteiger partial charge >= 0.3 is 0 Å². The van der Waals surface area contributed by atoms with Crippen LogP contribution in [0.15, 0.2) is 22.7 Å². The number of carbonyl (C=O) groups excluding carboxylic acids is 1. The van der Waals surface area contributed by atoms with Crippen LogP contribution < -0.4 is 16.0 Å². The van der Waals surface area contributed by atoms with E-state index in [-0.39, 0.29) is 0 Å². The zero-order valence-electron chi connectivity index (χ0n) is 10.2. The Morgan fingerprint density at radius 3 is 2.82 bits per heavy atom. The molecule has 4 nitrogen and oxygen atoms in total. The van der Waals surface area contributed by atoms with Gasteiger partial charge in [0.15, 0.2) is 0 Å². The molecule has 17 heavy (non-hydrogen) atoms. The van der Waals surface area contributed by atoms with E-state index in [1.165, 1.54) is 0 Å². The largest absolute Gasteiger partial charge is 0.374 e. The first-order valence-electron chi connectivity index (χ1n) is 5.51. The molecular formula is C12H18BrN3O. The van der Waals surface area contributed by atoms with E-state index in [1.54, 1.807) is 6.07 Å². The van der Waals surface area contributed by atoms with Crippen molar-refractivity contribution in [3.05, 3.63) is 28.2 Å². The number of anilines is 1. The molecule has 0 aliphatic rings. The third-order valence-electron chi connectivity index (χ3n) is 2.56. The number of primary amides is 1. The number of carbonyl (C=O) groups is 1. The van der Waals surface area contributed by atoms with Crippen LogP contribution in [0, 0.1) is 0 Å². The second kappa shape index (κ2) is 6.61. The van der Waals surface area contributed by atoms with Crippen LogP contribution in [0.4, 0.5) is 5.69 Å². The van der Waals surface area contributed by atoms with Gasteiger partial charge in [-0.25, -0.2) is 0 Å². The van der Waals surface area contributed by atoms with Crippen LogP contribution in [0.2, 0.25) is 0 Å². The molecule has 3 N–H and O–H groups in total. The molecule has 0 heterocycles. The molecule has 0 fully saturated rings. The molecule has 0 aromatic heterocycles. The molecule has 1 aromatic carbocycles. The summed E-state index contributed by atoms with van der Waals surface area (Å²) in [4.78, 5) is 13.4. The Hall–Kier alpha value is -1.07. The number of hydrogen-bond donors (Lipinski definition) is 2. The van der Waals surface area contributed by atoms with Gasteiger partial charge in [-0.3, -0.25) is 4.79 Å². The molecule has 5 heteroatoms. The number of benzene rings is 1. The number of amides is 1. The third-order valence-corrected chi connectivity index (χ3v) is 3.05. The molecule has 1 aromatic rings. The van der Waals surface area contributed by atoms with Gasteiger partial charge in [0.05, 0.1) is 5.56 Å². The number of hydrogen-bond acceptors (Lipinski definition) is 3. The monoisotopic (exact) mass is 299 g/mol. The van der Waals surface area contributed by atoms with E-state index < -0.39 is 5.91 Å². The highest BCUT2D eigenvalue weighted by Gasteiger charge is 2.12. The van der Waals surface area contributed by atoms with Gasteiger partial charge in [-0.15, -0.1) is 0 Å². The molecule has 0 bridgehead atoms. The number of halogens is 1. The van der Waals surface area contributed by atoms with E-state index in [9.17, 15) is 4.79 Å². The van der Waals surface area contributed by atoms with Gasteiger partial charge in [0.1, 0.15) is 0 Å². The lowest BCUT2D eigenvalue weighted by molar-refractivity contribution is 0.100. The fourth-order valence-electron chi connectivity index (χ4n) is 1.65. The van der Waals surface area contributed by atoms with Crippen LogP contribution in [0.1, 0.15) is 16.8 Å². The highest BCUT2D eigenvalue weighted by atomic mass is 79.9. The second-order valence-electron chi connectivity index (χ2n) is 3.90. The van der Waals surface area contributed by atoms with Crippen molar-refractivity contribution in [3.63, 3.8) is 0 Å². The van der Waals surface area contributed by atoms with Crippen molar-refractivity contribution >= 4 is 27.5 Å². The molecule has 0 aliphatic heterocycles. The van der Waals surface area contributed by atoms with E-state index in [4.69, 9.17) is 5.73 Å². The van der Waals surface area contributed by atoms with Gasteiger partial charge in [-0.05, 0) is 38.2 Å². The van der Waals surface area contributed by atoms with Crippen LogP contribution in [-0.4, -0.2) is 33.1 Å². The fourth-order valence-corrected chi connectivity index (χ4v) is 2.01.